The highest BCUT2D eigenvalue weighted by Crippen LogP contribution is 2.24. The Morgan fingerprint density at radius 2 is 2.00 bits per heavy atom. The second kappa shape index (κ2) is 4.88. The van der Waals surface area contributed by atoms with Gasteiger partial charge in [-0.3, -0.25) is 9.08 Å². The molecule has 21 heavy (non-hydrogen) atoms. The van der Waals surface area contributed by atoms with Gasteiger partial charge in [0.05, 0.1) is 17.6 Å². The molecule has 0 fully saturated rings. The number of aryl methyl sites for hydroxylation is 2. The first-order valence-electron chi connectivity index (χ1n) is 6.58. The number of benzene rings is 1. The van der Waals surface area contributed by atoms with Crippen LogP contribution >= 0.6 is 11.8 Å². The molecular formula is C13H13N7S. The van der Waals surface area contributed by atoms with Gasteiger partial charge in [0.2, 0.25) is 5.78 Å². The molecule has 0 aliphatic heterocycles. The monoisotopic (exact) mass is 299 g/mol. The zero-order valence-electron chi connectivity index (χ0n) is 11.4. The van der Waals surface area contributed by atoms with Crippen LogP contribution in [0.3, 0.4) is 0 Å². The van der Waals surface area contributed by atoms with Crippen LogP contribution in [0.4, 0.5) is 0 Å². The number of para-hydroxylation sites is 2. The number of hydrogen-bond donors (Lipinski definition) is 0. The van der Waals surface area contributed by atoms with Gasteiger partial charge < -0.3 is 4.57 Å². The first kappa shape index (κ1) is 12.4. The Bertz CT molecular complexity index is 890. The van der Waals surface area contributed by atoms with E-state index in [0.717, 1.165) is 34.3 Å². The molecule has 106 valence electrons. The van der Waals surface area contributed by atoms with Gasteiger partial charge in [-0.25, -0.2) is 4.98 Å². The number of nitrogens with zero attached hydrogens (tertiary/aromatic N) is 7. The highest BCUT2D eigenvalue weighted by atomic mass is 32.2. The Balaban J connectivity index is 1.67. The Labute approximate surface area is 124 Å². The SMILES string of the molecule is Cn1c2ccccc2n2c(SCCn3cncn3)nnc12. The predicted molar refractivity (Wildman–Crippen MR) is 80.2 cm³/mol. The third-order valence-corrected chi connectivity index (χ3v) is 4.33. The van der Waals surface area contributed by atoms with E-state index in [9.17, 15) is 0 Å². The predicted octanol–water partition coefficient (Wildman–Crippen LogP) is 1.60. The van der Waals surface area contributed by atoms with E-state index in [4.69, 9.17) is 0 Å². The summed E-state index contributed by atoms with van der Waals surface area (Å²) in [6.45, 7) is 0.796. The summed E-state index contributed by atoms with van der Waals surface area (Å²) in [5, 5.41) is 13.6. The van der Waals surface area contributed by atoms with Crippen LogP contribution < -0.4 is 0 Å². The van der Waals surface area contributed by atoms with E-state index in [1.807, 2.05) is 23.9 Å². The topological polar surface area (TPSA) is 65.8 Å². The summed E-state index contributed by atoms with van der Waals surface area (Å²) in [7, 11) is 2.01. The van der Waals surface area contributed by atoms with Crippen molar-refractivity contribution in [3.05, 3.63) is 36.9 Å². The molecule has 0 spiro atoms. The van der Waals surface area contributed by atoms with E-state index in [1.165, 1.54) is 0 Å². The third-order valence-electron chi connectivity index (χ3n) is 3.42. The smallest absolute Gasteiger partial charge is 0.236 e. The fourth-order valence-corrected chi connectivity index (χ4v) is 3.28. The van der Waals surface area contributed by atoms with E-state index in [-0.39, 0.29) is 0 Å². The van der Waals surface area contributed by atoms with Gasteiger partial charge in [0.25, 0.3) is 0 Å². The normalized spacial score (nSPS) is 11.7. The maximum Gasteiger partial charge on any atom is 0.236 e. The zero-order valence-corrected chi connectivity index (χ0v) is 12.2. The largest absolute Gasteiger partial charge is 0.311 e. The van der Waals surface area contributed by atoms with Crippen LogP contribution in [0, 0.1) is 0 Å². The molecule has 3 aromatic heterocycles. The van der Waals surface area contributed by atoms with Gasteiger partial charge in [-0.15, -0.1) is 10.2 Å². The molecule has 0 unspecified atom stereocenters. The molecule has 4 rings (SSSR count). The molecule has 3 heterocycles. The van der Waals surface area contributed by atoms with E-state index in [0.29, 0.717) is 0 Å². The number of hydrogen-bond acceptors (Lipinski definition) is 5. The van der Waals surface area contributed by atoms with Gasteiger partial charge in [-0.1, -0.05) is 23.9 Å². The van der Waals surface area contributed by atoms with Crippen molar-refractivity contribution in [3.63, 3.8) is 0 Å². The number of imidazole rings is 1. The molecule has 0 N–H and O–H groups in total. The Hall–Kier alpha value is -2.35. The zero-order chi connectivity index (χ0) is 14.2. The number of rotatable bonds is 4. The van der Waals surface area contributed by atoms with Crippen LogP contribution in [-0.2, 0) is 13.6 Å². The van der Waals surface area contributed by atoms with Gasteiger partial charge in [0, 0.05) is 12.8 Å². The summed E-state index contributed by atoms with van der Waals surface area (Å²) < 4.78 is 5.97. The maximum atomic E-state index is 4.29. The molecule has 0 amide bonds. The summed E-state index contributed by atoms with van der Waals surface area (Å²) in [6, 6.07) is 8.25. The second-order valence-corrected chi connectivity index (χ2v) is 5.73. The Kier molecular flexibility index (Phi) is 2.88. The summed E-state index contributed by atoms with van der Waals surface area (Å²) in [6.07, 6.45) is 3.27. The van der Waals surface area contributed by atoms with Crippen molar-refractivity contribution in [1.82, 2.24) is 33.9 Å². The molecule has 0 saturated carbocycles. The molecule has 0 aliphatic carbocycles. The Morgan fingerprint density at radius 3 is 2.81 bits per heavy atom. The van der Waals surface area contributed by atoms with Gasteiger partial charge in [0.1, 0.15) is 12.7 Å². The van der Waals surface area contributed by atoms with Gasteiger partial charge in [-0.2, -0.15) is 5.10 Å². The number of aromatic nitrogens is 7. The molecule has 7 nitrogen and oxygen atoms in total. The van der Waals surface area contributed by atoms with Crippen LogP contribution in [0.25, 0.3) is 16.8 Å². The molecule has 0 aliphatic rings. The average Bonchev–Trinajstić information content (AvgIpc) is 3.20. The lowest BCUT2D eigenvalue weighted by Gasteiger charge is -1.99. The van der Waals surface area contributed by atoms with E-state index in [2.05, 4.69) is 41.4 Å². The van der Waals surface area contributed by atoms with Crippen LogP contribution in [0.5, 0.6) is 0 Å². The number of thioether (sulfide) groups is 1. The molecular weight excluding hydrogens is 286 g/mol. The van der Waals surface area contributed by atoms with Gasteiger partial charge >= 0.3 is 0 Å². The van der Waals surface area contributed by atoms with Crippen molar-refractivity contribution in [1.29, 1.82) is 0 Å². The van der Waals surface area contributed by atoms with Crippen LogP contribution in [0.15, 0.2) is 42.1 Å². The van der Waals surface area contributed by atoms with E-state index >= 15 is 0 Å². The van der Waals surface area contributed by atoms with E-state index in [1.54, 1.807) is 24.4 Å². The maximum absolute atomic E-state index is 4.29. The summed E-state index contributed by atoms with van der Waals surface area (Å²) in [4.78, 5) is 3.94. The minimum Gasteiger partial charge on any atom is -0.311 e. The van der Waals surface area contributed by atoms with Crippen molar-refractivity contribution in [3.8, 4) is 0 Å². The summed E-state index contributed by atoms with van der Waals surface area (Å²) >= 11 is 1.67. The van der Waals surface area contributed by atoms with Crippen molar-refractivity contribution < 1.29 is 0 Å². The highest BCUT2D eigenvalue weighted by Gasteiger charge is 2.14. The molecule has 0 bridgehead atoms. The van der Waals surface area contributed by atoms with Crippen molar-refractivity contribution in [2.75, 3.05) is 5.75 Å². The minimum atomic E-state index is 0.796. The molecule has 0 radical (unpaired) electrons. The minimum absolute atomic E-state index is 0.796. The van der Waals surface area contributed by atoms with Crippen LogP contribution in [-0.4, -0.2) is 39.7 Å². The van der Waals surface area contributed by atoms with Crippen LogP contribution in [0.2, 0.25) is 0 Å². The standard InChI is InChI=1S/C13H13N7S/c1-18-10-4-2-3-5-11(10)20-12(18)16-17-13(20)21-7-6-19-9-14-8-15-19/h2-5,8-9H,6-7H2,1H3. The summed E-state index contributed by atoms with van der Waals surface area (Å²) in [5.41, 5.74) is 2.28. The highest BCUT2D eigenvalue weighted by molar-refractivity contribution is 7.99. The van der Waals surface area contributed by atoms with Crippen LogP contribution in [0.1, 0.15) is 0 Å². The molecule has 1 aromatic carbocycles. The lowest BCUT2D eigenvalue weighted by atomic mass is 10.3. The molecule has 8 heteroatoms. The van der Waals surface area contributed by atoms with Gasteiger partial charge in [-0.05, 0) is 12.1 Å². The first-order valence-corrected chi connectivity index (χ1v) is 7.57. The van der Waals surface area contributed by atoms with Crippen molar-refractivity contribution in [2.45, 2.75) is 11.7 Å². The fourth-order valence-electron chi connectivity index (χ4n) is 2.41. The van der Waals surface area contributed by atoms with E-state index < -0.39 is 0 Å². The third kappa shape index (κ3) is 1.99. The lowest BCUT2D eigenvalue weighted by Crippen LogP contribution is -2.01. The van der Waals surface area contributed by atoms with Gasteiger partial charge in [0.15, 0.2) is 5.16 Å². The first-order chi connectivity index (χ1) is 10.3. The fraction of sp³-hybridized carbons (Fsp3) is 0.231. The lowest BCUT2D eigenvalue weighted by molar-refractivity contribution is 0.663. The molecule has 0 saturated heterocycles. The number of fused-ring (bicyclic) bond motifs is 3. The second-order valence-electron chi connectivity index (χ2n) is 4.67. The van der Waals surface area contributed by atoms with Crippen molar-refractivity contribution in [2.24, 2.45) is 7.05 Å². The Morgan fingerprint density at radius 1 is 1.14 bits per heavy atom. The van der Waals surface area contributed by atoms with Crippen molar-refractivity contribution >= 4 is 28.6 Å². The average molecular weight is 299 g/mol. The molecule has 4 aromatic rings. The molecule has 0 atom stereocenters. The quantitative estimate of drug-likeness (QED) is 0.536. The summed E-state index contributed by atoms with van der Waals surface area (Å²) in [5.74, 6) is 1.73.